The fraction of sp³-hybridized carbons (Fsp3) is 0.429. The maximum Gasteiger partial charge on any atom is 0.219 e. The minimum atomic E-state index is -0.416. The molecule has 0 saturated carbocycles. The summed E-state index contributed by atoms with van der Waals surface area (Å²) in [5.74, 6) is -0.417. The van der Waals surface area contributed by atoms with Crippen molar-refractivity contribution in [3.8, 4) is 0 Å². The molecule has 0 spiro atoms. The molecule has 2 heterocycles. The van der Waals surface area contributed by atoms with Crippen LogP contribution in [0.2, 0.25) is 0 Å². The average Bonchev–Trinajstić information content (AvgIpc) is 2.34. The second kappa shape index (κ2) is 4.88. The molecule has 0 aromatic heterocycles. The molecule has 3 N–H and O–H groups in total. The molecule has 2 aliphatic heterocycles. The molecule has 1 atom stereocenters. The standard InChI is InChI=1S/C14H16N2O4/c1-7-19-14(20-7)8-2-3-11-10(4-8)12(17)5-9(16-11)6-13(15)18/h2-4,7,9,14,16H,5-6H2,1H3,(H2,15,18). The van der Waals surface area contributed by atoms with Crippen LogP contribution in [0.5, 0.6) is 0 Å². The monoisotopic (exact) mass is 276 g/mol. The summed E-state index contributed by atoms with van der Waals surface area (Å²) >= 11 is 0. The zero-order valence-corrected chi connectivity index (χ0v) is 11.1. The fourth-order valence-corrected chi connectivity index (χ4v) is 2.55. The van der Waals surface area contributed by atoms with Crippen molar-refractivity contribution in [2.75, 3.05) is 5.32 Å². The third-order valence-corrected chi connectivity index (χ3v) is 3.49. The molecule has 1 saturated heterocycles. The number of rotatable bonds is 3. The van der Waals surface area contributed by atoms with Gasteiger partial charge in [0, 0.05) is 35.7 Å². The molecule has 6 nitrogen and oxygen atoms in total. The van der Waals surface area contributed by atoms with E-state index < -0.39 is 12.2 Å². The number of ketones is 1. The van der Waals surface area contributed by atoms with E-state index in [0.29, 0.717) is 5.56 Å². The van der Waals surface area contributed by atoms with Crippen molar-refractivity contribution >= 4 is 17.4 Å². The molecule has 1 aromatic rings. The first-order valence-electron chi connectivity index (χ1n) is 6.56. The van der Waals surface area contributed by atoms with Gasteiger partial charge in [-0.05, 0) is 19.1 Å². The molecule has 1 fully saturated rings. The molecule has 1 aromatic carbocycles. The highest BCUT2D eigenvalue weighted by Gasteiger charge is 2.31. The van der Waals surface area contributed by atoms with Crippen molar-refractivity contribution in [1.29, 1.82) is 0 Å². The lowest BCUT2D eigenvalue weighted by Gasteiger charge is -2.34. The zero-order chi connectivity index (χ0) is 14.3. The number of anilines is 1. The Balaban J connectivity index is 1.80. The van der Waals surface area contributed by atoms with Gasteiger partial charge in [-0.15, -0.1) is 0 Å². The summed E-state index contributed by atoms with van der Waals surface area (Å²) < 4.78 is 10.8. The molecule has 0 radical (unpaired) electrons. The Hall–Kier alpha value is -1.92. The molecular formula is C14H16N2O4. The molecule has 20 heavy (non-hydrogen) atoms. The Labute approximate surface area is 116 Å². The normalized spacial score (nSPS) is 28.2. The van der Waals surface area contributed by atoms with E-state index in [1.54, 1.807) is 6.07 Å². The highest BCUT2D eigenvalue weighted by Crippen LogP contribution is 2.35. The lowest BCUT2D eigenvalue weighted by Crippen LogP contribution is -2.34. The Morgan fingerprint density at radius 3 is 2.85 bits per heavy atom. The van der Waals surface area contributed by atoms with Crippen LogP contribution in [0.1, 0.15) is 42.0 Å². The van der Waals surface area contributed by atoms with Crippen LogP contribution in [0.25, 0.3) is 0 Å². The van der Waals surface area contributed by atoms with E-state index in [9.17, 15) is 9.59 Å². The Morgan fingerprint density at radius 1 is 1.45 bits per heavy atom. The Bertz CT molecular complexity index is 566. The zero-order valence-electron chi connectivity index (χ0n) is 11.1. The Morgan fingerprint density at radius 2 is 2.20 bits per heavy atom. The summed E-state index contributed by atoms with van der Waals surface area (Å²) in [6.07, 6.45) is -0.183. The van der Waals surface area contributed by atoms with E-state index >= 15 is 0 Å². The van der Waals surface area contributed by atoms with Gasteiger partial charge in [0.15, 0.2) is 18.4 Å². The summed E-state index contributed by atoms with van der Waals surface area (Å²) in [5.41, 5.74) is 7.32. The molecule has 1 unspecified atom stereocenters. The lowest BCUT2D eigenvalue weighted by molar-refractivity contribution is -0.382. The van der Waals surface area contributed by atoms with Gasteiger partial charge in [0.2, 0.25) is 5.91 Å². The van der Waals surface area contributed by atoms with Gasteiger partial charge >= 0.3 is 0 Å². The van der Waals surface area contributed by atoms with Crippen molar-refractivity contribution in [2.45, 2.75) is 38.4 Å². The lowest BCUT2D eigenvalue weighted by atomic mass is 9.93. The number of hydrogen-bond donors (Lipinski definition) is 2. The highest BCUT2D eigenvalue weighted by atomic mass is 16.9. The highest BCUT2D eigenvalue weighted by molar-refractivity contribution is 6.04. The van der Waals surface area contributed by atoms with Crippen LogP contribution in [-0.2, 0) is 14.3 Å². The first-order chi connectivity index (χ1) is 9.52. The summed E-state index contributed by atoms with van der Waals surface area (Å²) in [6.45, 7) is 1.82. The van der Waals surface area contributed by atoms with E-state index in [4.69, 9.17) is 15.2 Å². The van der Waals surface area contributed by atoms with Gasteiger partial charge in [0.25, 0.3) is 0 Å². The number of nitrogens with two attached hydrogens (primary N) is 1. The number of carbonyl (C=O) groups is 2. The Kier molecular flexibility index (Phi) is 3.19. The van der Waals surface area contributed by atoms with Crippen LogP contribution in [0.4, 0.5) is 5.69 Å². The van der Waals surface area contributed by atoms with Crippen molar-refractivity contribution in [2.24, 2.45) is 5.73 Å². The second-order valence-electron chi connectivity index (χ2n) is 5.12. The van der Waals surface area contributed by atoms with Crippen LogP contribution in [0.15, 0.2) is 18.2 Å². The van der Waals surface area contributed by atoms with Gasteiger partial charge in [-0.25, -0.2) is 0 Å². The van der Waals surface area contributed by atoms with E-state index in [1.807, 2.05) is 19.1 Å². The molecule has 1 amide bonds. The summed E-state index contributed by atoms with van der Waals surface area (Å²) in [4.78, 5) is 23.1. The maximum atomic E-state index is 12.1. The van der Waals surface area contributed by atoms with Gasteiger partial charge in [0.1, 0.15) is 0 Å². The summed E-state index contributed by atoms with van der Waals surface area (Å²) in [7, 11) is 0. The minimum Gasteiger partial charge on any atom is -0.381 e. The maximum absolute atomic E-state index is 12.1. The fourth-order valence-electron chi connectivity index (χ4n) is 2.55. The van der Waals surface area contributed by atoms with Crippen LogP contribution in [0.3, 0.4) is 0 Å². The molecule has 0 aliphatic carbocycles. The van der Waals surface area contributed by atoms with Crippen molar-refractivity contribution in [3.63, 3.8) is 0 Å². The first kappa shape index (κ1) is 13.1. The average molecular weight is 276 g/mol. The van der Waals surface area contributed by atoms with E-state index in [-0.39, 0.29) is 31.0 Å². The first-order valence-corrected chi connectivity index (χ1v) is 6.56. The number of amides is 1. The number of fused-ring (bicyclic) bond motifs is 1. The van der Waals surface area contributed by atoms with Gasteiger partial charge in [-0.1, -0.05) is 6.07 Å². The van der Waals surface area contributed by atoms with E-state index in [2.05, 4.69) is 5.32 Å². The van der Waals surface area contributed by atoms with Crippen LogP contribution in [-0.4, -0.2) is 24.0 Å². The van der Waals surface area contributed by atoms with Crippen molar-refractivity contribution in [3.05, 3.63) is 29.3 Å². The number of Topliss-reactive ketones (excluding diaryl/α,β-unsaturated/α-hetero) is 1. The number of primary amides is 1. The van der Waals surface area contributed by atoms with Crippen molar-refractivity contribution in [1.82, 2.24) is 0 Å². The van der Waals surface area contributed by atoms with Gasteiger partial charge in [-0.3, -0.25) is 9.59 Å². The number of nitrogens with one attached hydrogen (secondary N) is 1. The van der Waals surface area contributed by atoms with Gasteiger partial charge < -0.3 is 20.5 Å². The van der Waals surface area contributed by atoms with Gasteiger partial charge in [0.05, 0.1) is 0 Å². The van der Waals surface area contributed by atoms with Crippen LogP contribution >= 0.6 is 0 Å². The summed E-state index contributed by atoms with van der Waals surface area (Å²) in [6, 6.07) is 5.21. The number of hydrogen-bond acceptors (Lipinski definition) is 5. The third kappa shape index (κ3) is 2.39. The third-order valence-electron chi connectivity index (χ3n) is 3.49. The number of carbonyl (C=O) groups excluding carboxylic acids is 2. The predicted octanol–water partition coefficient (Wildman–Crippen LogP) is 1.32. The smallest absolute Gasteiger partial charge is 0.219 e. The van der Waals surface area contributed by atoms with Crippen molar-refractivity contribution < 1.29 is 19.1 Å². The number of ether oxygens (including phenoxy) is 2. The quantitative estimate of drug-likeness (QED) is 0.869. The molecule has 0 bridgehead atoms. The van der Waals surface area contributed by atoms with Crippen LogP contribution in [0, 0.1) is 0 Å². The molecule has 3 rings (SSSR count). The largest absolute Gasteiger partial charge is 0.381 e. The molecule has 6 heteroatoms. The topological polar surface area (TPSA) is 90.7 Å². The van der Waals surface area contributed by atoms with E-state index in [0.717, 1.165) is 11.3 Å². The minimum absolute atomic E-state index is 0.000720. The second-order valence-corrected chi connectivity index (χ2v) is 5.12. The SMILES string of the molecule is CC1OC(c2ccc3c(c2)C(=O)CC(CC(N)=O)N3)O1. The van der Waals surface area contributed by atoms with E-state index in [1.165, 1.54) is 0 Å². The summed E-state index contributed by atoms with van der Waals surface area (Å²) in [5, 5.41) is 3.17. The molecule has 106 valence electrons. The number of benzene rings is 1. The van der Waals surface area contributed by atoms with Gasteiger partial charge in [-0.2, -0.15) is 0 Å². The predicted molar refractivity (Wildman–Crippen MR) is 71.0 cm³/mol. The van der Waals surface area contributed by atoms with Crippen LogP contribution < -0.4 is 11.1 Å². The molecular weight excluding hydrogens is 260 g/mol. The molecule has 2 aliphatic rings.